The predicted octanol–water partition coefficient (Wildman–Crippen LogP) is 2.68. The third-order valence-electron chi connectivity index (χ3n) is 3.73. The lowest BCUT2D eigenvalue weighted by molar-refractivity contribution is -0.134. The molecule has 1 aromatic heterocycles. The predicted molar refractivity (Wildman–Crippen MR) is 72.1 cm³/mol. The van der Waals surface area contributed by atoms with Gasteiger partial charge in [0.1, 0.15) is 4.88 Å². The summed E-state index contributed by atoms with van der Waals surface area (Å²) in [5, 5.41) is 3.35. The summed E-state index contributed by atoms with van der Waals surface area (Å²) in [6.07, 6.45) is -1.75. The second-order valence-corrected chi connectivity index (χ2v) is 6.14. The number of nitrogens with one attached hydrogen (secondary N) is 1. The molecule has 1 fully saturated rings. The minimum atomic E-state index is -4.32. The molecule has 0 saturated carbocycles. The molecular formula is C12H18F3N3OS. The third-order valence-corrected chi connectivity index (χ3v) is 4.73. The van der Waals surface area contributed by atoms with Crippen LogP contribution in [0.4, 0.5) is 18.3 Å². The first-order valence-corrected chi connectivity index (χ1v) is 7.17. The van der Waals surface area contributed by atoms with Crippen LogP contribution in [0, 0.1) is 0 Å². The topological polar surface area (TPSA) is 37.4 Å². The van der Waals surface area contributed by atoms with E-state index < -0.39 is 11.1 Å². The number of aromatic nitrogens is 1. The molecule has 1 aliphatic rings. The van der Waals surface area contributed by atoms with E-state index in [0.29, 0.717) is 36.2 Å². The standard InChI is InChI=1S/C12H18F3N3OS/c1-18(2)11(3-5-19-6-4-11)8-17-10-16-7-9(20-10)12(13,14)15/h7H,3-6,8H2,1-2H3,(H,16,17). The van der Waals surface area contributed by atoms with Gasteiger partial charge in [0.25, 0.3) is 0 Å². The molecule has 0 bridgehead atoms. The van der Waals surface area contributed by atoms with E-state index in [1.54, 1.807) is 0 Å². The largest absolute Gasteiger partial charge is 0.427 e. The zero-order valence-electron chi connectivity index (χ0n) is 11.5. The summed E-state index contributed by atoms with van der Waals surface area (Å²) in [7, 11) is 3.96. The average molecular weight is 309 g/mol. The highest BCUT2D eigenvalue weighted by atomic mass is 32.1. The highest BCUT2D eigenvalue weighted by Gasteiger charge is 2.36. The number of hydrogen-bond acceptors (Lipinski definition) is 5. The lowest BCUT2D eigenvalue weighted by atomic mass is 9.89. The van der Waals surface area contributed by atoms with Crippen molar-refractivity contribution < 1.29 is 17.9 Å². The van der Waals surface area contributed by atoms with Crippen molar-refractivity contribution in [3.63, 3.8) is 0 Å². The summed E-state index contributed by atoms with van der Waals surface area (Å²) in [4.78, 5) is 5.23. The Balaban J connectivity index is 2.01. The Morgan fingerprint density at radius 2 is 2.05 bits per heavy atom. The molecule has 2 rings (SSSR count). The molecular weight excluding hydrogens is 291 g/mol. The summed E-state index contributed by atoms with van der Waals surface area (Å²) in [6.45, 7) is 1.91. The molecule has 2 heterocycles. The molecule has 4 nitrogen and oxygen atoms in total. The van der Waals surface area contributed by atoms with Gasteiger partial charge in [0, 0.05) is 25.3 Å². The van der Waals surface area contributed by atoms with E-state index in [-0.39, 0.29) is 5.54 Å². The first kappa shape index (κ1) is 15.5. The zero-order chi connectivity index (χ0) is 14.8. The highest BCUT2D eigenvalue weighted by molar-refractivity contribution is 7.15. The molecule has 0 amide bonds. The zero-order valence-corrected chi connectivity index (χ0v) is 12.3. The summed E-state index contributed by atoms with van der Waals surface area (Å²) < 4.78 is 42.9. The Bertz CT molecular complexity index is 441. The van der Waals surface area contributed by atoms with Gasteiger partial charge in [-0.2, -0.15) is 13.2 Å². The number of nitrogens with zero attached hydrogens (tertiary/aromatic N) is 2. The smallest absolute Gasteiger partial charge is 0.381 e. The summed E-state index contributed by atoms with van der Waals surface area (Å²) in [5.74, 6) is 0. The molecule has 114 valence electrons. The van der Waals surface area contributed by atoms with Crippen LogP contribution in [0.3, 0.4) is 0 Å². The van der Waals surface area contributed by atoms with Crippen molar-refractivity contribution in [2.24, 2.45) is 0 Å². The van der Waals surface area contributed by atoms with Crippen molar-refractivity contribution in [2.75, 3.05) is 39.2 Å². The number of halogens is 3. The van der Waals surface area contributed by atoms with Crippen LogP contribution in [0.1, 0.15) is 17.7 Å². The van der Waals surface area contributed by atoms with E-state index in [9.17, 15) is 13.2 Å². The van der Waals surface area contributed by atoms with Crippen LogP contribution in [-0.2, 0) is 10.9 Å². The van der Waals surface area contributed by atoms with Crippen molar-refractivity contribution in [3.05, 3.63) is 11.1 Å². The van der Waals surface area contributed by atoms with E-state index in [2.05, 4.69) is 15.2 Å². The van der Waals surface area contributed by atoms with Crippen LogP contribution < -0.4 is 5.32 Å². The van der Waals surface area contributed by atoms with Crippen LogP contribution in [0.2, 0.25) is 0 Å². The molecule has 0 aromatic carbocycles. The minimum Gasteiger partial charge on any atom is -0.381 e. The monoisotopic (exact) mass is 309 g/mol. The van der Waals surface area contributed by atoms with E-state index in [0.717, 1.165) is 19.0 Å². The molecule has 1 aromatic rings. The van der Waals surface area contributed by atoms with Crippen LogP contribution in [0.15, 0.2) is 6.20 Å². The Labute approximate surface area is 119 Å². The van der Waals surface area contributed by atoms with Crippen LogP contribution >= 0.6 is 11.3 Å². The number of anilines is 1. The molecule has 1 N–H and O–H groups in total. The number of likely N-dealkylation sites (N-methyl/N-ethyl adjacent to an activating group) is 1. The first-order chi connectivity index (χ1) is 9.33. The Kier molecular flexibility index (Phi) is 4.55. The molecule has 20 heavy (non-hydrogen) atoms. The average Bonchev–Trinajstić information content (AvgIpc) is 2.86. The van der Waals surface area contributed by atoms with E-state index >= 15 is 0 Å². The quantitative estimate of drug-likeness (QED) is 0.928. The van der Waals surface area contributed by atoms with Gasteiger partial charge in [-0.1, -0.05) is 11.3 Å². The molecule has 0 radical (unpaired) electrons. The van der Waals surface area contributed by atoms with Crippen molar-refractivity contribution in [1.29, 1.82) is 0 Å². The van der Waals surface area contributed by atoms with Crippen molar-refractivity contribution in [2.45, 2.75) is 24.6 Å². The van der Waals surface area contributed by atoms with Gasteiger partial charge in [0.15, 0.2) is 5.13 Å². The maximum absolute atomic E-state index is 12.5. The highest BCUT2D eigenvalue weighted by Crippen LogP contribution is 2.35. The second-order valence-electron chi connectivity index (χ2n) is 5.11. The van der Waals surface area contributed by atoms with E-state index in [1.807, 2.05) is 14.1 Å². The number of ether oxygens (including phenoxy) is 1. The molecule has 1 saturated heterocycles. The lowest BCUT2D eigenvalue weighted by Crippen LogP contribution is -2.53. The van der Waals surface area contributed by atoms with Crippen molar-refractivity contribution >= 4 is 16.5 Å². The molecule has 0 unspecified atom stereocenters. The van der Waals surface area contributed by atoms with E-state index in [1.165, 1.54) is 0 Å². The number of thiazole rings is 1. The molecule has 0 atom stereocenters. The Morgan fingerprint density at radius 3 is 2.55 bits per heavy atom. The number of alkyl halides is 3. The van der Waals surface area contributed by atoms with Crippen molar-refractivity contribution in [3.8, 4) is 0 Å². The van der Waals surface area contributed by atoms with Crippen molar-refractivity contribution in [1.82, 2.24) is 9.88 Å². The fraction of sp³-hybridized carbons (Fsp3) is 0.750. The van der Waals surface area contributed by atoms with Crippen LogP contribution in [-0.4, -0.2) is 49.3 Å². The van der Waals surface area contributed by atoms with Gasteiger partial charge < -0.3 is 15.0 Å². The Hall–Kier alpha value is -0.860. The van der Waals surface area contributed by atoms with Gasteiger partial charge in [-0.3, -0.25) is 0 Å². The van der Waals surface area contributed by atoms with Gasteiger partial charge in [-0.15, -0.1) is 0 Å². The molecule has 1 aliphatic heterocycles. The van der Waals surface area contributed by atoms with Crippen LogP contribution in [0.25, 0.3) is 0 Å². The number of hydrogen-bond donors (Lipinski definition) is 1. The number of rotatable bonds is 4. The van der Waals surface area contributed by atoms with Gasteiger partial charge >= 0.3 is 6.18 Å². The first-order valence-electron chi connectivity index (χ1n) is 6.36. The molecule has 0 aliphatic carbocycles. The lowest BCUT2D eigenvalue weighted by Gasteiger charge is -2.42. The maximum atomic E-state index is 12.5. The summed E-state index contributed by atoms with van der Waals surface area (Å²) in [5.41, 5.74) is -0.0949. The minimum absolute atomic E-state index is 0.0949. The summed E-state index contributed by atoms with van der Waals surface area (Å²) >= 11 is 0.642. The van der Waals surface area contributed by atoms with Crippen LogP contribution in [0.5, 0.6) is 0 Å². The second kappa shape index (κ2) is 5.87. The normalized spacial score (nSPS) is 19.3. The fourth-order valence-electron chi connectivity index (χ4n) is 2.26. The molecule has 0 spiro atoms. The fourth-order valence-corrected chi connectivity index (χ4v) is 2.94. The SMILES string of the molecule is CN(C)C1(CNc2ncc(C(F)(F)F)s2)CCOCC1. The van der Waals surface area contributed by atoms with Gasteiger partial charge in [0.05, 0.1) is 6.20 Å². The third kappa shape index (κ3) is 3.42. The van der Waals surface area contributed by atoms with Gasteiger partial charge in [-0.25, -0.2) is 4.98 Å². The summed E-state index contributed by atoms with van der Waals surface area (Å²) in [6, 6.07) is 0. The van der Waals surface area contributed by atoms with Gasteiger partial charge in [-0.05, 0) is 26.9 Å². The molecule has 8 heteroatoms. The maximum Gasteiger partial charge on any atom is 0.427 e. The Morgan fingerprint density at radius 1 is 1.40 bits per heavy atom. The van der Waals surface area contributed by atoms with Gasteiger partial charge in [0.2, 0.25) is 0 Å². The van der Waals surface area contributed by atoms with E-state index in [4.69, 9.17) is 4.74 Å².